The van der Waals surface area contributed by atoms with Crippen molar-refractivity contribution in [3.8, 4) is 5.75 Å². The molecule has 1 aromatic heterocycles. The van der Waals surface area contributed by atoms with E-state index in [0.717, 1.165) is 11.0 Å². The van der Waals surface area contributed by atoms with Gasteiger partial charge in [-0.25, -0.2) is 4.79 Å². The molecule has 7 heteroatoms. The highest BCUT2D eigenvalue weighted by molar-refractivity contribution is 5.82. The van der Waals surface area contributed by atoms with Gasteiger partial charge in [-0.1, -0.05) is 11.6 Å². The Balaban J connectivity index is 1.72. The van der Waals surface area contributed by atoms with Crippen molar-refractivity contribution < 1.29 is 28.8 Å². The molecule has 0 saturated carbocycles. The Morgan fingerprint density at radius 2 is 2.12 bits per heavy atom. The van der Waals surface area contributed by atoms with Gasteiger partial charge in [0.2, 0.25) is 12.1 Å². The number of hydrogen-bond acceptors (Lipinski definition) is 7. The fourth-order valence-electron chi connectivity index (χ4n) is 3.08. The normalized spacial score (nSPS) is 29.9. The Bertz CT molecular complexity index is 927. The third-order valence-electron chi connectivity index (χ3n) is 4.64. The van der Waals surface area contributed by atoms with Crippen LogP contribution in [0.1, 0.15) is 19.4 Å². The summed E-state index contributed by atoms with van der Waals surface area (Å²) in [5.41, 5.74) is 1.74. The minimum absolute atomic E-state index is 0.129. The van der Waals surface area contributed by atoms with Crippen LogP contribution in [0.3, 0.4) is 0 Å². The quantitative estimate of drug-likeness (QED) is 0.484. The lowest BCUT2D eigenvalue weighted by atomic mass is 10.0. The molecule has 0 spiro atoms. The summed E-state index contributed by atoms with van der Waals surface area (Å²) in [7, 11) is 0. The lowest BCUT2D eigenvalue weighted by molar-refractivity contribution is -0.215. The largest absolute Gasteiger partial charge is 0.461 e. The van der Waals surface area contributed by atoms with Crippen LogP contribution < -0.4 is 10.4 Å². The summed E-state index contributed by atoms with van der Waals surface area (Å²) in [5.74, 6) is -1.21. The molecule has 4 atom stereocenters. The molecule has 0 amide bonds. The van der Waals surface area contributed by atoms with Gasteiger partial charge in [-0.15, -0.1) is 0 Å². The van der Waals surface area contributed by atoms with Crippen molar-refractivity contribution in [3.63, 3.8) is 0 Å². The van der Waals surface area contributed by atoms with Crippen molar-refractivity contribution in [1.29, 1.82) is 0 Å². The maximum Gasteiger partial charge on any atom is 0.336 e. The Morgan fingerprint density at radius 1 is 1.35 bits per heavy atom. The first kappa shape index (κ1) is 17.2. The molecule has 0 bridgehead atoms. The highest BCUT2D eigenvalue weighted by Crippen LogP contribution is 2.43. The van der Waals surface area contributed by atoms with Gasteiger partial charge < -0.3 is 28.8 Å². The molecule has 0 aliphatic carbocycles. The molecule has 7 nitrogen and oxygen atoms in total. The third-order valence-corrected chi connectivity index (χ3v) is 4.64. The van der Waals surface area contributed by atoms with E-state index in [4.69, 9.17) is 18.6 Å². The molecule has 2 aliphatic rings. The molecule has 0 radical (unpaired) electrons. The van der Waals surface area contributed by atoms with Crippen molar-refractivity contribution in [2.75, 3.05) is 6.61 Å². The zero-order chi connectivity index (χ0) is 18.5. The first-order valence-electron chi connectivity index (χ1n) is 8.44. The Labute approximate surface area is 149 Å². The predicted molar refractivity (Wildman–Crippen MR) is 91.8 cm³/mol. The van der Waals surface area contributed by atoms with E-state index >= 15 is 0 Å². The van der Waals surface area contributed by atoms with Crippen molar-refractivity contribution in [2.45, 2.75) is 44.6 Å². The molecule has 2 N–H and O–H groups in total. The van der Waals surface area contributed by atoms with Gasteiger partial charge in [-0.3, -0.25) is 0 Å². The maximum atomic E-state index is 11.7. The summed E-state index contributed by atoms with van der Waals surface area (Å²) >= 11 is 0. The highest BCUT2D eigenvalue weighted by atomic mass is 16.8. The lowest BCUT2D eigenvalue weighted by Crippen LogP contribution is -2.50. The molecule has 4 unspecified atom stereocenters. The Kier molecular flexibility index (Phi) is 4.11. The van der Waals surface area contributed by atoms with Crippen LogP contribution in [0.25, 0.3) is 11.0 Å². The van der Waals surface area contributed by atoms with Gasteiger partial charge in [0.05, 0.1) is 6.61 Å². The second-order valence-electron chi connectivity index (χ2n) is 6.82. The van der Waals surface area contributed by atoms with E-state index < -0.39 is 29.9 Å². The summed E-state index contributed by atoms with van der Waals surface area (Å²) in [5, 5.41) is 21.1. The molecule has 26 heavy (non-hydrogen) atoms. The topological polar surface area (TPSA) is 102 Å². The van der Waals surface area contributed by atoms with Gasteiger partial charge in [0.15, 0.2) is 6.10 Å². The van der Waals surface area contributed by atoms with Crippen molar-refractivity contribution >= 4 is 11.0 Å². The minimum atomic E-state index is -1.62. The van der Waals surface area contributed by atoms with Gasteiger partial charge in [0.25, 0.3) is 0 Å². The van der Waals surface area contributed by atoms with Crippen molar-refractivity contribution in [3.05, 3.63) is 51.9 Å². The highest BCUT2D eigenvalue weighted by Gasteiger charge is 2.67. The Hall–Kier alpha value is -2.19. The number of fused-ring (bicyclic) bond motifs is 2. The number of benzene rings is 1. The van der Waals surface area contributed by atoms with E-state index in [9.17, 15) is 15.0 Å². The number of aliphatic hydroxyl groups excluding tert-OH is 1. The third kappa shape index (κ3) is 2.93. The van der Waals surface area contributed by atoms with Crippen LogP contribution in [0.4, 0.5) is 0 Å². The SMILES string of the molecule is CC(C)=CCc1c(OC2OCC3OC3(O)C2O)ccc2ccc(=O)oc12. The summed E-state index contributed by atoms with van der Waals surface area (Å²) in [6, 6.07) is 6.55. The van der Waals surface area contributed by atoms with E-state index in [2.05, 4.69) is 0 Å². The first-order chi connectivity index (χ1) is 12.4. The molecule has 3 heterocycles. The second kappa shape index (κ2) is 6.21. The van der Waals surface area contributed by atoms with Crippen LogP contribution in [0.2, 0.25) is 0 Å². The van der Waals surface area contributed by atoms with Crippen molar-refractivity contribution in [2.24, 2.45) is 0 Å². The van der Waals surface area contributed by atoms with E-state index in [1.54, 1.807) is 18.2 Å². The summed E-state index contributed by atoms with van der Waals surface area (Å²) in [4.78, 5) is 11.7. The average molecular weight is 360 g/mol. The standard InChI is InChI=1S/C19H20O7/c1-10(2)3-6-12-13(7-4-11-5-8-15(20)25-16(11)12)24-18-17(21)19(22)14(26-19)9-23-18/h3-5,7-8,14,17-18,21-22H,6,9H2,1-2H3. The van der Waals surface area contributed by atoms with E-state index in [1.165, 1.54) is 6.07 Å². The summed E-state index contributed by atoms with van der Waals surface area (Å²) in [6.07, 6.45) is -0.487. The fraction of sp³-hybridized carbons (Fsp3) is 0.421. The van der Waals surface area contributed by atoms with Gasteiger partial charge >= 0.3 is 5.63 Å². The maximum absolute atomic E-state index is 11.7. The molecular weight excluding hydrogens is 340 g/mol. The van der Waals surface area contributed by atoms with Crippen LogP contribution in [-0.4, -0.2) is 41.1 Å². The second-order valence-corrected chi connectivity index (χ2v) is 6.82. The van der Waals surface area contributed by atoms with E-state index in [0.29, 0.717) is 23.3 Å². The van der Waals surface area contributed by atoms with Gasteiger partial charge in [0.1, 0.15) is 17.4 Å². The number of ether oxygens (including phenoxy) is 3. The molecule has 138 valence electrons. The van der Waals surface area contributed by atoms with Crippen LogP contribution in [0, 0.1) is 0 Å². The fourth-order valence-corrected chi connectivity index (χ4v) is 3.08. The van der Waals surface area contributed by atoms with Crippen LogP contribution >= 0.6 is 0 Å². The van der Waals surface area contributed by atoms with Crippen LogP contribution in [0.5, 0.6) is 5.75 Å². The summed E-state index contributed by atoms with van der Waals surface area (Å²) < 4.78 is 21.8. The average Bonchev–Trinajstić information content (AvgIpc) is 3.29. The predicted octanol–water partition coefficient (Wildman–Crippen LogP) is 1.49. The molecule has 2 aromatic rings. The number of allylic oxidation sites excluding steroid dienone is 2. The molecule has 1 aromatic carbocycles. The number of rotatable bonds is 4. The van der Waals surface area contributed by atoms with Gasteiger partial charge in [-0.05, 0) is 38.5 Å². The molecule has 4 rings (SSSR count). The molecular formula is C19H20O7. The van der Waals surface area contributed by atoms with Crippen LogP contribution in [0.15, 0.2) is 45.1 Å². The molecule has 2 saturated heterocycles. The van der Waals surface area contributed by atoms with E-state index in [-0.39, 0.29) is 6.61 Å². The molecule has 2 aliphatic heterocycles. The summed E-state index contributed by atoms with van der Waals surface area (Å²) in [6.45, 7) is 4.07. The monoisotopic (exact) mass is 360 g/mol. The number of hydrogen-bond donors (Lipinski definition) is 2. The van der Waals surface area contributed by atoms with Gasteiger partial charge in [-0.2, -0.15) is 0 Å². The number of aliphatic hydroxyl groups is 2. The lowest BCUT2D eigenvalue weighted by Gasteiger charge is -2.29. The minimum Gasteiger partial charge on any atom is -0.461 e. The zero-order valence-corrected chi connectivity index (χ0v) is 14.5. The van der Waals surface area contributed by atoms with E-state index in [1.807, 2.05) is 19.9 Å². The van der Waals surface area contributed by atoms with Gasteiger partial charge in [0, 0.05) is 17.0 Å². The molecule has 2 fully saturated rings. The number of epoxide rings is 1. The van der Waals surface area contributed by atoms with Crippen molar-refractivity contribution in [1.82, 2.24) is 0 Å². The smallest absolute Gasteiger partial charge is 0.336 e. The zero-order valence-electron chi connectivity index (χ0n) is 14.5. The first-order valence-corrected chi connectivity index (χ1v) is 8.44. The van der Waals surface area contributed by atoms with Crippen LogP contribution in [-0.2, 0) is 15.9 Å². The Morgan fingerprint density at radius 3 is 2.88 bits per heavy atom.